The van der Waals surface area contributed by atoms with E-state index in [2.05, 4.69) is 22.8 Å². The van der Waals surface area contributed by atoms with Gasteiger partial charge >= 0.3 is 0 Å². The SMILES string of the molecule is COc1ccc(S(=O)(=O)N(CCO)CCO[C@@H]2C[C@H](c3csc4ccccc34)C=C(C(=O)Nc3ccccc3)O2)cc1. The quantitative estimate of drug-likeness (QED) is 0.234. The smallest absolute Gasteiger partial charge is 0.290 e. The summed E-state index contributed by atoms with van der Waals surface area (Å²) in [6, 6.07) is 23.2. The van der Waals surface area contributed by atoms with Crippen molar-refractivity contribution in [1.29, 1.82) is 0 Å². The van der Waals surface area contributed by atoms with E-state index in [0.29, 0.717) is 17.9 Å². The summed E-state index contributed by atoms with van der Waals surface area (Å²) < 4.78 is 46.0. The summed E-state index contributed by atoms with van der Waals surface area (Å²) in [7, 11) is -2.39. The monoisotopic (exact) mass is 608 g/mol. The Hall–Kier alpha value is -3.74. The number of hydrogen-bond acceptors (Lipinski definition) is 8. The average molecular weight is 609 g/mol. The van der Waals surface area contributed by atoms with Crippen LogP contribution in [-0.2, 0) is 24.3 Å². The number of aliphatic hydroxyl groups excluding tert-OH is 1. The minimum atomic E-state index is -3.90. The fourth-order valence-electron chi connectivity index (χ4n) is 4.78. The summed E-state index contributed by atoms with van der Waals surface area (Å²) >= 11 is 1.63. The van der Waals surface area contributed by atoms with Crippen molar-refractivity contribution in [3.63, 3.8) is 0 Å². The molecule has 42 heavy (non-hydrogen) atoms. The molecular weight excluding hydrogens is 576 g/mol. The number of anilines is 1. The molecule has 0 saturated carbocycles. The zero-order valence-electron chi connectivity index (χ0n) is 23.0. The number of allylic oxidation sites excluding steroid dienone is 1. The molecule has 9 nitrogen and oxygen atoms in total. The first kappa shape index (κ1) is 29.7. The number of nitrogens with zero attached hydrogens (tertiary/aromatic N) is 1. The zero-order valence-corrected chi connectivity index (χ0v) is 24.6. The number of fused-ring (bicyclic) bond motifs is 1. The molecule has 3 aromatic carbocycles. The molecular formula is C31H32N2O7S2. The molecule has 0 radical (unpaired) electrons. The van der Waals surface area contributed by atoms with Gasteiger partial charge in [-0.15, -0.1) is 11.3 Å². The van der Waals surface area contributed by atoms with E-state index in [4.69, 9.17) is 14.2 Å². The number of nitrogens with one attached hydrogen (secondary N) is 1. The summed E-state index contributed by atoms with van der Waals surface area (Å²) in [5.74, 6) is 0.109. The summed E-state index contributed by atoms with van der Waals surface area (Å²) in [5.41, 5.74) is 1.71. The van der Waals surface area contributed by atoms with Crippen LogP contribution in [0.5, 0.6) is 5.75 Å². The highest BCUT2D eigenvalue weighted by atomic mass is 32.2. The number of amides is 1. The fraction of sp³-hybridized carbons (Fsp3) is 0.258. The molecule has 0 spiro atoms. The van der Waals surface area contributed by atoms with Crippen LogP contribution in [0.25, 0.3) is 10.1 Å². The Morgan fingerprint density at radius 2 is 1.79 bits per heavy atom. The standard InChI is InChI=1S/C31H32N2O7S2/c1-38-24-11-13-25(14-12-24)42(36,37)33(15-17-34)16-18-39-30-20-22(27-21-41-29-10-6-5-9-26(27)29)19-28(40-30)31(35)32-23-7-3-2-4-8-23/h2-14,19,21-22,30,34H,15-18,20H2,1H3,(H,32,35)/t22-,30+/m1/s1. The molecule has 1 aliphatic heterocycles. The lowest BCUT2D eigenvalue weighted by Gasteiger charge is -2.30. The first-order valence-electron chi connectivity index (χ1n) is 13.5. The summed E-state index contributed by atoms with van der Waals surface area (Å²) in [6.07, 6.45) is 1.46. The molecule has 2 atom stereocenters. The van der Waals surface area contributed by atoms with Crippen molar-refractivity contribution >= 4 is 43.0 Å². The second-order valence-corrected chi connectivity index (χ2v) is 12.5. The van der Waals surface area contributed by atoms with Gasteiger partial charge in [-0.05, 0) is 64.9 Å². The molecule has 0 aliphatic carbocycles. The van der Waals surface area contributed by atoms with E-state index in [1.54, 1.807) is 35.6 Å². The molecule has 0 bridgehead atoms. The van der Waals surface area contributed by atoms with Crippen LogP contribution in [0.4, 0.5) is 5.69 Å². The van der Waals surface area contributed by atoms with Gasteiger partial charge in [-0.1, -0.05) is 36.4 Å². The maximum atomic E-state index is 13.3. The molecule has 1 aliphatic rings. The number of benzene rings is 3. The summed E-state index contributed by atoms with van der Waals surface area (Å²) in [6.45, 7) is -0.479. The molecule has 2 N–H and O–H groups in total. The van der Waals surface area contributed by atoms with Crippen molar-refractivity contribution in [1.82, 2.24) is 4.31 Å². The van der Waals surface area contributed by atoms with Gasteiger partial charge < -0.3 is 24.6 Å². The Bertz CT molecular complexity index is 1640. The molecule has 0 fully saturated rings. The van der Waals surface area contributed by atoms with Gasteiger partial charge in [0.1, 0.15) is 5.75 Å². The van der Waals surface area contributed by atoms with Crippen molar-refractivity contribution in [2.75, 3.05) is 38.7 Å². The lowest BCUT2D eigenvalue weighted by Crippen LogP contribution is -2.37. The van der Waals surface area contributed by atoms with Gasteiger partial charge in [-0.3, -0.25) is 4.79 Å². The van der Waals surface area contributed by atoms with Crippen LogP contribution in [0, 0.1) is 0 Å². The molecule has 220 valence electrons. The largest absolute Gasteiger partial charge is 0.497 e. The third-order valence-corrected chi connectivity index (χ3v) is 9.81. The summed E-state index contributed by atoms with van der Waals surface area (Å²) in [5, 5.41) is 15.6. The Labute approximate surface area is 249 Å². The van der Waals surface area contributed by atoms with E-state index in [1.165, 1.54) is 23.5 Å². The second-order valence-electron chi connectivity index (χ2n) is 9.60. The third kappa shape index (κ3) is 6.83. The van der Waals surface area contributed by atoms with Crippen LogP contribution < -0.4 is 10.1 Å². The first-order chi connectivity index (χ1) is 20.4. The van der Waals surface area contributed by atoms with E-state index in [0.717, 1.165) is 15.6 Å². The predicted octanol–water partition coefficient (Wildman–Crippen LogP) is 4.96. The highest BCUT2D eigenvalue weighted by Gasteiger charge is 2.31. The number of rotatable bonds is 12. The van der Waals surface area contributed by atoms with Crippen LogP contribution in [0.2, 0.25) is 0 Å². The second kappa shape index (κ2) is 13.5. The molecule has 2 heterocycles. The van der Waals surface area contributed by atoms with Gasteiger partial charge in [0.25, 0.3) is 5.91 Å². The Balaban J connectivity index is 1.32. The minimum Gasteiger partial charge on any atom is -0.497 e. The zero-order chi connectivity index (χ0) is 29.5. The van der Waals surface area contributed by atoms with E-state index >= 15 is 0 Å². The normalized spacial score (nSPS) is 17.1. The van der Waals surface area contributed by atoms with E-state index in [9.17, 15) is 18.3 Å². The fourth-order valence-corrected chi connectivity index (χ4v) is 7.22. The highest BCUT2D eigenvalue weighted by Crippen LogP contribution is 2.38. The van der Waals surface area contributed by atoms with Crippen molar-refractivity contribution in [3.8, 4) is 5.75 Å². The Morgan fingerprint density at radius 3 is 2.52 bits per heavy atom. The van der Waals surface area contributed by atoms with Gasteiger partial charge in [0.05, 0.1) is 25.2 Å². The lowest BCUT2D eigenvalue weighted by atomic mass is 9.92. The highest BCUT2D eigenvalue weighted by molar-refractivity contribution is 7.89. The number of sulfonamides is 1. The van der Waals surface area contributed by atoms with Crippen molar-refractivity contribution in [2.24, 2.45) is 0 Å². The van der Waals surface area contributed by atoms with E-state index < -0.39 is 22.2 Å². The van der Waals surface area contributed by atoms with Crippen LogP contribution >= 0.6 is 11.3 Å². The van der Waals surface area contributed by atoms with Crippen LogP contribution in [0.3, 0.4) is 0 Å². The van der Waals surface area contributed by atoms with Crippen molar-refractivity contribution in [3.05, 3.63) is 102 Å². The van der Waals surface area contributed by atoms with Gasteiger partial charge in [-0.2, -0.15) is 4.31 Å². The maximum Gasteiger partial charge on any atom is 0.290 e. The van der Waals surface area contributed by atoms with Gasteiger partial charge in [-0.25, -0.2) is 8.42 Å². The average Bonchev–Trinajstić information content (AvgIpc) is 3.45. The first-order valence-corrected chi connectivity index (χ1v) is 15.8. The number of hydrogen-bond donors (Lipinski definition) is 2. The van der Waals surface area contributed by atoms with Crippen LogP contribution in [-0.4, -0.2) is 63.4 Å². The molecule has 11 heteroatoms. The summed E-state index contributed by atoms with van der Waals surface area (Å²) in [4.78, 5) is 13.3. The number of para-hydroxylation sites is 1. The topological polar surface area (TPSA) is 114 Å². The number of thiophene rings is 1. The van der Waals surface area contributed by atoms with Gasteiger partial charge in [0.2, 0.25) is 16.3 Å². The molecule has 1 aromatic heterocycles. The number of aliphatic hydroxyl groups is 1. The van der Waals surface area contributed by atoms with Crippen LogP contribution in [0.1, 0.15) is 17.9 Å². The third-order valence-electron chi connectivity index (χ3n) is 6.91. The van der Waals surface area contributed by atoms with Gasteiger partial charge in [0, 0.05) is 35.8 Å². The number of methoxy groups -OCH3 is 1. The maximum absolute atomic E-state index is 13.3. The number of ether oxygens (including phenoxy) is 3. The Kier molecular flexibility index (Phi) is 9.55. The van der Waals surface area contributed by atoms with Crippen molar-refractivity contribution < 1.29 is 32.5 Å². The predicted molar refractivity (Wildman–Crippen MR) is 162 cm³/mol. The van der Waals surface area contributed by atoms with E-state index in [1.807, 2.05) is 36.4 Å². The number of carbonyl (C=O) groups is 1. The van der Waals surface area contributed by atoms with Crippen molar-refractivity contribution in [2.45, 2.75) is 23.5 Å². The van der Waals surface area contributed by atoms with Gasteiger partial charge in [0.15, 0.2) is 5.76 Å². The lowest BCUT2D eigenvalue weighted by molar-refractivity contribution is -0.143. The van der Waals surface area contributed by atoms with Crippen LogP contribution in [0.15, 0.2) is 101 Å². The minimum absolute atomic E-state index is 0.00919. The van der Waals surface area contributed by atoms with E-state index in [-0.39, 0.29) is 42.9 Å². The molecule has 1 amide bonds. The molecule has 0 unspecified atom stereocenters. The molecule has 0 saturated heterocycles. The Morgan fingerprint density at radius 1 is 1.05 bits per heavy atom. The number of carbonyl (C=O) groups excluding carboxylic acids is 1. The molecule has 4 aromatic rings. The molecule has 5 rings (SSSR count).